The quantitative estimate of drug-likeness (QED) is 0.291. The van der Waals surface area contributed by atoms with Crippen molar-refractivity contribution in [2.24, 2.45) is 0 Å². The minimum Gasteiger partial charge on any atom is -0.469 e. The van der Waals surface area contributed by atoms with Gasteiger partial charge in [-0.15, -0.1) is 0 Å². The molecular formula is C14H22N4O4S. The molecule has 3 N–H and O–H groups in total. The average molecular weight is 342 g/mol. The first-order valence-corrected chi connectivity index (χ1v) is 8.17. The van der Waals surface area contributed by atoms with Gasteiger partial charge in [-0.3, -0.25) is 15.0 Å². The van der Waals surface area contributed by atoms with Gasteiger partial charge >= 0.3 is 12.0 Å². The smallest absolute Gasteiger partial charge is 0.344 e. The number of amides is 3. The van der Waals surface area contributed by atoms with E-state index >= 15 is 0 Å². The fourth-order valence-corrected chi connectivity index (χ4v) is 3.09. The summed E-state index contributed by atoms with van der Waals surface area (Å²) in [6, 6.07) is -0.476. The van der Waals surface area contributed by atoms with E-state index in [0.29, 0.717) is 25.8 Å². The average Bonchev–Trinajstić information content (AvgIpc) is 2.76. The molecule has 1 aliphatic carbocycles. The summed E-state index contributed by atoms with van der Waals surface area (Å²) in [5.74, 6) is -0.570. The summed E-state index contributed by atoms with van der Waals surface area (Å²) in [5, 5.41) is 6.77. The summed E-state index contributed by atoms with van der Waals surface area (Å²) in [5.41, 5.74) is 1.85. The zero-order valence-electron chi connectivity index (χ0n) is 13.1. The van der Waals surface area contributed by atoms with Gasteiger partial charge in [-0.05, 0) is 31.5 Å². The lowest BCUT2D eigenvalue weighted by atomic mass is 9.82. The minimum atomic E-state index is -0.775. The number of thiocarbonyl (C=S) groups is 1. The van der Waals surface area contributed by atoms with Gasteiger partial charge in [-0.1, -0.05) is 19.3 Å². The van der Waals surface area contributed by atoms with Gasteiger partial charge in [0.2, 0.25) is 0 Å². The van der Waals surface area contributed by atoms with Crippen molar-refractivity contribution in [3.63, 3.8) is 0 Å². The normalized spacial score (nSPS) is 19.4. The van der Waals surface area contributed by atoms with Crippen LogP contribution in [0.2, 0.25) is 0 Å². The molecule has 0 aromatic carbocycles. The SMILES string of the molecule is COC(=O)CCCNC(=S)NN1C(=O)NC2(CCCCC2)C1=O. The Hall–Kier alpha value is -1.90. The van der Waals surface area contributed by atoms with Gasteiger partial charge in [-0.25, -0.2) is 4.79 Å². The zero-order valence-corrected chi connectivity index (χ0v) is 14.0. The van der Waals surface area contributed by atoms with Crippen molar-refractivity contribution in [1.82, 2.24) is 21.1 Å². The Balaban J connectivity index is 1.80. The second kappa shape index (κ2) is 7.58. The molecule has 0 bridgehead atoms. The van der Waals surface area contributed by atoms with E-state index in [1.54, 1.807) is 0 Å². The first-order valence-electron chi connectivity index (χ1n) is 7.76. The molecule has 0 aromatic rings. The van der Waals surface area contributed by atoms with Crippen molar-refractivity contribution in [2.75, 3.05) is 13.7 Å². The fraction of sp³-hybridized carbons (Fsp3) is 0.714. The van der Waals surface area contributed by atoms with Crippen molar-refractivity contribution in [3.8, 4) is 0 Å². The third-order valence-corrected chi connectivity index (χ3v) is 4.39. The van der Waals surface area contributed by atoms with Crippen LogP contribution >= 0.6 is 12.2 Å². The molecule has 1 aliphatic heterocycles. The maximum Gasteiger partial charge on any atom is 0.344 e. The van der Waals surface area contributed by atoms with Crippen molar-refractivity contribution < 1.29 is 19.1 Å². The Bertz CT molecular complexity index is 505. The molecule has 23 heavy (non-hydrogen) atoms. The number of hydrogen-bond acceptors (Lipinski definition) is 5. The summed E-state index contributed by atoms with van der Waals surface area (Å²) in [6.45, 7) is 0.440. The number of ether oxygens (including phenoxy) is 1. The van der Waals surface area contributed by atoms with E-state index in [2.05, 4.69) is 20.8 Å². The van der Waals surface area contributed by atoms with Gasteiger partial charge < -0.3 is 15.4 Å². The van der Waals surface area contributed by atoms with Crippen molar-refractivity contribution in [3.05, 3.63) is 0 Å². The molecule has 0 radical (unpaired) electrons. The maximum atomic E-state index is 12.5. The first kappa shape index (κ1) is 17.5. The van der Waals surface area contributed by atoms with Gasteiger partial charge in [0.1, 0.15) is 5.54 Å². The van der Waals surface area contributed by atoms with Gasteiger partial charge in [-0.2, -0.15) is 5.01 Å². The van der Waals surface area contributed by atoms with Crippen LogP contribution in [0.5, 0.6) is 0 Å². The molecule has 1 heterocycles. The van der Waals surface area contributed by atoms with E-state index in [0.717, 1.165) is 24.3 Å². The van der Waals surface area contributed by atoms with E-state index in [-0.39, 0.29) is 23.4 Å². The highest BCUT2D eigenvalue weighted by atomic mass is 32.1. The number of carbonyl (C=O) groups excluding carboxylic acids is 3. The summed E-state index contributed by atoms with van der Waals surface area (Å²) in [6.07, 6.45) is 5.08. The molecule has 0 atom stereocenters. The van der Waals surface area contributed by atoms with Crippen LogP contribution in [0.25, 0.3) is 0 Å². The molecule has 8 nitrogen and oxygen atoms in total. The number of methoxy groups -OCH3 is 1. The van der Waals surface area contributed by atoms with Crippen LogP contribution in [-0.2, 0) is 14.3 Å². The number of esters is 1. The Morgan fingerprint density at radius 2 is 2.04 bits per heavy atom. The number of carbonyl (C=O) groups is 3. The van der Waals surface area contributed by atoms with Crippen molar-refractivity contribution in [2.45, 2.75) is 50.5 Å². The van der Waals surface area contributed by atoms with E-state index in [1.807, 2.05) is 0 Å². The van der Waals surface area contributed by atoms with E-state index in [1.165, 1.54) is 7.11 Å². The summed E-state index contributed by atoms with van der Waals surface area (Å²) in [4.78, 5) is 35.5. The summed E-state index contributed by atoms with van der Waals surface area (Å²) >= 11 is 5.08. The Morgan fingerprint density at radius 1 is 1.35 bits per heavy atom. The second-order valence-electron chi connectivity index (χ2n) is 5.76. The Labute approximate surface area is 140 Å². The maximum absolute atomic E-state index is 12.5. The third kappa shape index (κ3) is 4.10. The number of nitrogens with one attached hydrogen (secondary N) is 3. The highest BCUT2D eigenvalue weighted by Crippen LogP contribution is 2.32. The monoisotopic (exact) mass is 342 g/mol. The summed E-state index contributed by atoms with van der Waals surface area (Å²) in [7, 11) is 1.33. The number of urea groups is 1. The Kier molecular flexibility index (Phi) is 5.75. The molecule has 0 unspecified atom stereocenters. The lowest BCUT2D eigenvalue weighted by molar-refractivity contribution is -0.140. The second-order valence-corrected chi connectivity index (χ2v) is 6.17. The summed E-state index contributed by atoms with van der Waals surface area (Å²) < 4.78 is 4.54. The number of hydrogen-bond donors (Lipinski definition) is 3. The minimum absolute atomic E-state index is 0.172. The largest absolute Gasteiger partial charge is 0.469 e. The standard InChI is InChI=1S/C14H22N4O4S/c1-22-10(19)6-5-9-15-12(23)17-18-11(20)14(16-13(18)21)7-3-2-4-8-14/h2-9H2,1H3,(H,16,21)(H2,15,17,23). The number of imide groups is 1. The molecule has 1 spiro atoms. The van der Waals surface area contributed by atoms with E-state index in [9.17, 15) is 14.4 Å². The molecule has 1 saturated carbocycles. The Morgan fingerprint density at radius 3 is 2.70 bits per heavy atom. The third-order valence-electron chi connectivity index (χ3n) is 4.15. The first-order chi connectivity index (χ1) is 11.0. The van der Waals surface area contributed by atoms with Crippen LogP contribution in [0.3, 0.4) is 0 Å². The fourth-order valence-electron chi connectivity index (χ4n) is 2.89. The zero-order chi connectivity index (χ0) is 16.9. The van der Waals surface area contributed by atoms with Gasteiger partial charge in [0.05, 0.1) is 7.11 Å². The van der Waals surface area contributed by atoms with Crippen molar-refractivity contribution in [1.29, 1.82) is 0 Å². The van der Waals surface area contributed by atoms with Crippen LogP contribution < -0.4 is 16.1 Å². The highest BCUT2D eigenvalue weighted by molar-refractivity contribution is 7.80. The molecule has 1 saturated heterocycles. The molecule has 2 fully saturated rings. The number of rotatable bonds is 5. The van der Waals surface area contributed by atoms with E-state index < -0.39 is 11.6 Å². The molecule has 9 heteroatoms. The van der Waals surface area contributed by atoms with Gasteiger partial charge in [0, 0.05) is 13.0 Å². The van der Waals surface area contributed by atoms with Gasteiger partial charge in [0.25, 0.3) is 5.91 Å². The lowest BCUT2D eigenvalue weighted by Crippen LogP contribution is -2.52. The molecular weight excluding hydrogens is 320 g/mol. The predicted octanol–water partition coefficient (Wildman–Crippen LogP) is 0.573. The topological polar surface area (TPSA) is 99.8 Å². The lowest BCUT2D eigenvalue weighted by Gasteiger charge is -2.30. The molecule has 2 rings (SSSR count). The van der Waals surface area contributed by atoms with Crippen molar-refractivity contribution >= 4 is 35.2 Å². The van der Waals surface area contributed by atoms with Crippen LogP contribution in [0.4, 0.5) is 4.79 Å². The predicted molar refractivity (Wildman–Crippen MR) is 86.2 cm³/mol. The molecule has 2 aliphatic rings. The number of nitrogens with zero attached hydrogens (tertiary/aromatic N) is 1. The van der Waals surface area contributed by atoms with Crippen LogP contribution in [0, 0.1) is 0 Å². The van der Waals surface area contributed by atoms with Crippen LogP contribution in [0.15, 0.2) is 0 Å². The molecule has 3 amide bonds. The van der Waals surface area contributed by atoms with Gasteiger partial charge in [0.15, 0.2) is 5.11 Å². The van der Waals surface area contributed by atoms with Crippen LogP contribution in [-0.4, -0.2) is 47.2 Å². The highest BCUT2D eigenvalue weighted by Gasteiger charge is 2.51. The van der Waals surface area contributed by atoms with E-state index in [4.69, 9.17) is 12.2 Å². The van der Waals surface area contributed by atoms with Crippen LogP contribution in [0.1, 0.15) is 44.9 Å². The molecule has 0 aromatic heterocycles. The number of hydrazine groups is 1. The molecule has 128 valence electrons.